The van der Waals surface area contributed by atoms with Crippen LogP contribution in [0.15, 0.2) is 170 Å². The van der Waals surface area contributed by atoms with Gasteiger partial charge in [-0.1, -0.05) is 287 Å². The summed E-state index contributed by atoms with van der Waals surface area (Å²) >= 11 is 0. The Labute approximate surface area is 546 Å². The second-order valence-corrected chi connectivity index (χ2v) is 24.1. The number of quaternary nitrogens is 1. The van der Waals surface area contributed by atoms with Gasteiger partial charge in [-0.25, -0.2) is 0 Å². The van der Waals surface area contributed by atoms with Crippen molar-refractivity contribution >= 4 is 17.9 Å². The van der Waals surface area contributed by atoms with Gasteiger partial charge in [0.15, 0.2) is 12.4 Å². The summed E-state index contributed by atoms with van der Waals surface area (Å²) in [7, 11) is 5.92. The molecular formula is C80H129NO8. The minimum absolute atomic E-state index is 0.137. The van der Waals surface area contributed by atoms with Crippen molar-refractivity contribution in [2.45, 2.75) is 270 Å². The molecule has 0 aliphatic rings. The first kappa shape index (κ1) is 83.7. The zero-order chi connectivity index (χ0) is 64.7. The van der Waals surface area contributed by atoms with Crippen molar-refractivity contribution in [2.75, 3.05) is 47.5 Å². The average molecular weight is 1230 g/mol. The zero-order valence-electron chi connectivity index (χ0n) is 57.2. The van der Waals surface area contributed by atoms with E-state index in [1.54, 1.807) is 0 Å². The Morgan fingerprint density at radius 3 is 0.899 bits per heavy atom. The monoisotopic (exact) mass is 1230 g/mol. The molecule has 9 nitrogen and oxygen atoms in total. The van der Waals surface area contributed by atoms with Crippen LogP contribution < -0.4 is 5.11 Å². The lowest BCUT2D eigenvalue weighted by atomic mass is 10.0. The molecule has 0 spiro atoms. The van der Waals surface area contributed by atoms with Gasteiger partial charge >= 0.3 is 11.9 Å². The number of ether oxygens (including phenoxy) is 4. The maximum Gasteiger partial charge on any atom is 0.306 e. The van der Waals surface area contributed by atoms with Crippen LogP contribution in [0, 0.1) is 0 Å². The molecule has 0 saturated carbocycles. The van der Waals surface area contributed by atoms with E-state index in [0.717, 1.165) is 135 Å². The maximum atomic E-state index is 12.9. The van der Waals surface area contributed by atoms with Crippen LogP contribution in [-0.2, 0) is 33.3 Å². The Morgan fingerprint density at radius 1 is 0.337 bits per heavy atom. The van der Waals surface area contributed by atoms with Crippen molar-refractivity contribution < 1.29 is 42.9 Å². The van der Waals surface area contributed by atoms with Gasteiger partial charge in [0.25, 0.3) is 0 Å². The molecule has 0 N–H and O–H groups in total. The molecule has 2 atom stereocenters. The van der Waals surface area contributed by atoms with Crippen LogP contribution >= 0.6 is 0 Å². The molecule has 0 aromatic rings. The molecule has 0 heterocycles. The Bertz CT molecular complexity index is 2070. The number of esters is 2. The minimum Gasteiger partial charge on any atom is -0.545 e. The van der Waals surface area contributed by atoms with Crippen LogP contribution in [0.3, 0.4) is 0 Å². The Morgan fingerprint density at radius 2 is 0.607 bits per heavy atom. The number of aliphatic carboxylic acids is 1. The lowest BCUT2D eigenvalue weighted by Gasteiger charge is -2.26. The van der Waals surface area contributed by atoms with Crippen LogP contribution in [0.25, 0.3) is 0 Å². The fourth-order valence-electron chi connectivity index (χ4n) is 9.14. The van der Waals surface area contributed by atoms with E-state index in [1.165, 1.54) is 89.9 Å². The van der Waals surface area contributed by atoms with Gasteiger partial charge in [0, 0.05) is 12.8 Å². The van der Waals surface area contributed by atoms with E-state index in [-0.39, 0.29) is 38.6 Å². The molecular weight excluding hydrogens is 1100 g/mol. The molecule has 0 saturated heterocycles. The normalized spacial score (nSPS) is 13.8. The van der Waals surface area contributed by atoms with Crippen molar-refractivity contribution in [3.63, 3.8) is 0 Å². The SMILES string of the molecule is CC/C=C\C/C=C\C/C=C\C/C=C\C/C=C\C/C=C\C/C=C\C/C=C\C/C=C\C/C=C\CCCCCCCCCCC(=O)OC(COC(=O)CCCCCCCCCCCCCC/C=C\C/C=C\C/C=C\C/C=C\CC)COC(OCC[N+](C)(C)C)C(=O)[O-]. The number of carboxylic acids is 1. The van der Waals surface area contributed by atoms with E-state index in [0.29, 0.717) is 17.4 Å². The second kappa shape index (κ2) is 68.6. The minimum atomic E-state index is -1.64. The molecule has 0 aromatic heterocycles. The van der Waals surface area contributed by atoms with E-state index < -0.39 is 24.3 Å². The number of hydrogen-bond acceptors (Lipinski definition) is 8. The van der Waals surface area contributed by atoms with Crippen molar-refractivity contribution in [1.82, 2.24) is 0 Å². The summed E-state index contributed by atoms with van der Waals surface area (Å²) in [4.78, 5) is 37.5. The molecule has 89 heavy (non-hydrogen) atoms. The van der Waals surface area contributed by atoms with Gasteiger partial charge in [-0.3, -0.25) is 9.59 Å². The Hall–Kier alpha value is -5.35. The topological polar surface area (TPSA) is 111 Å². The smallest absolute Gasteiger partial charge is 0.306 e. The third-order valence-corrected chi connectivity index (χ3v) is 14.5. The zero-order valence-corrected chi connectivity index (χ0v) is 57.2. The standard InChI is InChI=1S/C80H129NO8/c1-6-8-10-12-14-16-18-20-22-24-26-28-30-32-33-34-35-36-37-38-39-40-41-42-43-44-45-47-49-51-53-55-57-59-61-63-65-67-69-71-78(83)89-76(75-88-80(79(84)85)86-73-72-81(3,4)5)74-87-77(82)70-68-66-64-62-60-58-56-54-52-50-48-46-31-29-27-25-23-21-19-17-15-13-11-9-7-2/h8-11,14-17,20-23,26-29,32-33,35-36,38-39,41-42,44-45,49,51,76,80H,6-7,12-13,18-19,24-25,30-31,34,37,40,43,46-48,50,52-75H2,1-5H3/b10-8-,11-9-,16-14-,17-15-,22-20-,23-21-,28-26-,29-27-,33-32-,36-35-,39-38-,42-41-,45-44-,51-49-. The maximum absolute atomic E-state index is 12.9. The Kier molecular flexibility index (Phi) is 64.4. The molecule has 0 aliphatic heterocycles. The lowest BCUT2D eigenvalue weighted by molar-refractivity contribution is -0.870. The van der Waals surface area contributed by atoms with Crippen LogP contribution in [-0.4, -0.2) is 82.3 Å². The molecule has 2 unspecified atom stereocenters. The highest BCUT2D eigenvalue weighted by molar-refractivity contribution is 5.70. The molecule has 0 rings (SSSR count). The Balaban J connectivity index is 4.19. The van der Waals surface area contributed by atoms with Crippen LogP contribution in [0.1, 0.15) is 258 Å². The summed E-state index contributed by atoms with van der Waals surface area (Å²) in [6.45, 7) is 4.50. The third kappa shape index (κ3) is 70.0. The van der Waals surface area contributed by atoms with E-state index in [9.17, 15) is 19.5 Å². The van der Waals surface area contributed by atoms with Gasteiger partial charge in [-0.2, -0.15) is 0 Å². The molecule has 0 amide bonds. The fourth-order valence-corrected chi connectivity index (χ4v) is 9.14. The van der Waals surface area contributed by atoms with Gasteiger partial charge in [-0.05, 0) is 128 Å². The average Bonchev–Trinajstić information content (AvgIpc) is 3.64. The summed E-state index contributed by atoms with van der Waals surface area (Å²) in [6.07, 6.45) is 100.0. The summed E-state index contributed by atoms with van der Waals surface area (Å²) < 4.78 is 22.8. The molecule has 0 aromatic carbocycles. The van der Waals surface area contributed by atoms with Crippen molar-refractivity contribution in [3.05, 3.63) is 170 Å². The number of hydrogen-bond donors (Lipinski definition) is 0. The van der Waals surface area contributed by atoms with E-state index in [1.807, 2.05) is 21.1 Å². The first-order valence-corrected chi connectivity index (χ1v) is 35.3. The number of rotatable bonds is 63. The molecule has 9 heteroatoms. The number of carbonyl (C=O) groups excluding carboxylic acids is 3. The van der Waals surface area contributed by atoms with Crippen molar-refractivity contribution in [2.24, 2.45) is 0 Å². The van der Waals surface area contributed by atoms with Crippen LogP contribution in [0.4, 0.5) is 0 Å². The number of carbonyl (C=O) groups is 3. The highest BCUT2D eigenvalue weighted by Crippen LogP contribution is 2.16. The highest BCUT2D eigenvalue weighted by Gasteiger charge is 2.22. The number of nitrogens with zero attached hydrogens (tertiary/aromatic N) is 1. The summed E-state index contributed by atoms with van der Waals surface area (Å²) in [5, 5.41) is 11.8. The summed E-state index contributed by atoms with van der Waals surface area (Å²) in [6, 6.07) is 0. The molecule has 0 radical (unpaired) electrons. The van der Waals surface area contributed by atoms with Gasteiger partial charge in [0.2, 0.25) is 0 Å². The third-order valence-electron chi connectivity index (χ3n) is 14.5. The number of likely N-dealkylation sites (N-methyl/N-ethyl adjacent to an activating group) is 1. The van der Waals surface area contributed by atoms with Gasteiger partial charge in [0.05, 0.1) is 40.3 Å². The molecule has 502 valence electrons. The second-order valence-electron chi connectivity index (χ2n) is 24.1. The van der Waals surface area contributed by atoms with E-state index in [4.69, 9.17) is 18.9 Å². The number of unbranched alkanes of at least 4 members (excludes halogenated alkanes) is 20. The summed E-state index contributed by atoms with van der Waals surface area (Å²) in [5.74, 6) is -2.31. The van der Waals surface area contributed by atoms with Crippen LogP contribution in [0.2, 0.25) is 0 Å². The van der Waals surface area contributed by atoms with E-state index in [2.05, 4.69) is 184 Å². The van der Waals surface area contributed by atoms with Crippen LogP contribution in [0.5, 0.6) is 0 Å². The van der Waals surface area contributed by atoms with Crippen molar-refractivity contribution in [1.29, 1.82) is 0 Å². The molecule has 0 fully saturated rings. The first-order chi connectivity index (χ1) is 43.6. The molecule has 0 aliphatic carbocycles. The fraction of sp³-hybridized carbons (Fsp3) is 0.613. The van der Waals surface area contributed by atoms with Gasteiger partial charge in [-0.15, -0.1) is 0 Å². The predicted octanol–water partition coefficient (Wildman–Crippen LogP) is 20.9. The quantitative estimate of drug-likeness (QED) is 0.0195. The van der Waals surface area contributed by atoms with Gasteiger partial charge in [0.1, 0.15) is 13.2 Å². The van der Waals surface area contributed by atoms with E-state index >= 15 is 0 Å². The first-order valence-electron chi connectivity index (χ1n) is 35.3. The molecule has 0 bridgehead atoms. The van der Waals surface area contributed by atoms with Crippen molar-refractivity contribution in [3.8, 4) is 0 Å². The number of allylic oxidation sites excluding steroid dienone is 28. The number of carboxylic acid groups (broad SMARTS) is 1. The largest absolute Gasteiger partial charge is 0.545 e. The predicted molar refractivity (Wildman–Crippen MR) is 379 cm³/mol. The lowest BCUT2D eigenvalue weighted by Crippen LogP contribution is -2.44. The van der Waals surface area contributed by atoms with Gasteiger partial charge < -0.3 is 33.3 Å². The highest BCUT2D eigenvalue weighted by atomic mass is 16.7. The summed E-state index contributed by atoms with van der Waals surface area (Å²) in [5.41, 5.74) is 0.